The van der Waals surface area contributed by atoms with E-state index >= 15 is 0 Å². The molecule has 31 heavy (non-hydrogen) atoms. The van der Waals surface area contributed by atoms with Gasteiger partial charge < -0.3 is 5.73 Å². The van der Waals surface area contributed by atoms with Crippen molar-refractivity contribution in [3.8, 4) is 0 Å². The number of hydrogen-bond donors (Lipinski definition) is 1. The molecule has 2 aromatic rings. The number of alkyl halides is 3. The first kappa shape index (κ1) is 23.1. The molecule has 1 saturated carbocycles. The first-order chi connectivity index (χ1) is 14.7. The van der Waals surface area contributed by atoms with E-state index in [9.17, 15) is 22.4 Å². The fraction of sp³-hybridized carbons (Fsp3) is 0.417. The summed E-state index contributed by atoms with van der Waals surface area (Å²) in [6.45, 7) is 3.70. The van der Waals surface area contributed by atoms with Gasteiger partial charge in [-0.2, -0.15) is 13.2 Å². The molecular weight excluding hydrogens is 408 g/mol. The Hall–Kier alpha value is -2.54. The van der Waals surface area contributed by atoms with E-state index in [4.69, 9.17) is 5.73 Å². The van der Waals surface area contributed by atoms with Crippen LogP contribution in [0.25, 0.3) is 6.08 Å². The molecule has 1 fully saturated rings. The van der Waals surface area contributed by atoms with Crippen LogP contribution in [0.4, 0.5) is 17.6 Å². The number of carbonyl (C=O) groups is 1. The van der Waals surface area contributed by atoms with Crippen LogP contribution in [0.3, 0.4) is 0 Å². The lowest BCUT2D eigenvalue weighted by molar-refractivity contribution is -0.141. The monoisotopic (exact) mass is 434 g/mol. The summed E-state index contributed by atoms with van der Waals surface area (Å²) in [6, 6.07) is 6.72. The summed E-state index contributed by atoms with van der Waals surface area (Å²) in [6.07, 6.45) is 2.18. The zero-order valence-electron chi connectivity index (χ0n) is 17.2. The highest BCUT2D eigenvalue weighted by atomic mass is 19.4. The summed E-state index contributed by atoms with van der Waals surface area (Å²) < 4.78 is 51.9. The van der Waals surface area contributed by atoms with Gasteiger partial charge in [-0.1, -0.05) is 18.7 Å². The summed E-state index contributed by atoms with van der Waals surface area (Å²) in [5.41, 5.74) is 6.99. The number of carbonyl (C=O) groups excluding carboxylic acids is 1. The second kappa shape index (κ2) is 9.73. The quantitative estimate of drug-likeness (QED) is 0.441. The molecule has 7 heteroatoms. The highest BCUT2D eigenvalue weighted by molar-refractivity contribution is 5.95. The van der Waals surface area contributed by atoms with Crippen molar-refractivity contribution in [1.82, 2.24) is 4.98 Å². The molecule has 0 amide bonds. The fourth-order valence-electron chi connectivity index (χ4n) is 4.23. The maximum Gasteiger partial charge on any atom is 0.433 e. The van der Waals surface area contributed by atoms with Crippen LogP contribution in [-0.4, -0.2) is 16.8 Å². The standard InChI is InChI=1S/C24H26F4N2O/c1-2-15-5-9-20(25)19(11-15)13-21(29)17-6-3-16(4-7-17)12-22(31)18-8-10-23(30-14-18)24(26,27)28/h2,5,8-11,14,16-17,21H,1,3-4,6-7,12-13,29H2/t16?,17?,21-/m0/s1. The summed E-state index contributed by atoms with van der Waals surface area (Å²) in [5.74, 6) is -0.0623. The number of rotatable bonds is 7. The van der Waals surface area contributed by atoms with Crippen molar-refractivity contribution in [3.63, 3.8) is 0 Å². The van der Waals surface area contributed by atoms with Crippen LogP contribution in [0.5, 0.6) is 0 Å². The van der Waals surface area contributed by atoms with Crippen LogP contribution in [0.1, 0.15) is 59.3 Å². The Morgan fingerprint density at radius 1 is 1.19 bits per heavy atom. The van der Waals surface area contributed by atoms with E-state index in [-0.39, 0.29) is 41.5 Å². The Labute approximate surface area is 179 Å². The molecule has 3 rings (SSSR count). The predicted octanol–water partition coefficient (Wildman–Crippen LogP) is 5.83. The summed E-state index contributed by atoms with van der Waals surface area (Å²) in [5, 5.41) is 0. The van der Waals surface area contributed by atoms with Crippen LogP contribution in [0, 0.1) is 17.7 Å². The molecule has 2 N–H and O–H groups in total. The van der Waals surface area contributed by atoms with Gasteiger partial charge in [0, 0.05) is 24.2 Å². The van der Waals surface area contributed by atoms with E-state index in [2.05, 4.69) is 11.6 Å². The van der Waals surface area contributed by atoms with E-state index in [1.807, 2.05) is 0 Å². The molecule has 1 atom stereocenters. The van der Waals surface area contributed by atoms with Crippen molar-refractivity contribution >= 4 is 11.9 Å². The Morgan fingerprint density at radius 3 is 2.48 bits per heavy atom. The zero-order chi connectivity index (χ0) is 22.6. The minimum absolute atomic E-state index is 0.166. The second-order valence-corrected chi connectivity index (χ2v) is 8.26. The Bertz CT molecular complexity index is 916. The van der Waals surface area contributed by atoms with E-state index in [1.165, 1.54) is 12.1 Å². The third kappa shape index (κ3) is 6.00. The first-order valence-corrected chi connectivity index (χ1v) is 10.4. The molecule has 0 radical (unpaired) electrons. The van der Waals surface area contributed by atoms with Gasteiger partial charge in [0.1, 0.15) is 11.5 Å². The highest BCUT2D eigenvalue weighted by Gasteiger charge is 2.32. The summed E-state index contributed by atoms with van der Waals surface area (Å²) >= 11 is 0. The number of halogens is 4. The maximum atomic E-state index is 14.1. The number of benzene rings is 1. The first-order valence-electron chi connectivity index (χ1n) is 10.4. The lowest BCUT2D eigenvalue weighted by Crippen LogP contribution is -2.35. The minimum atomic E-state index is -4.52. The molecule has 0 spiro atoms. The average Bonchev–Trinajstić information content (AvgIpc) is 2.75. The van der Waals surface area contributed by atoms with E-state index in [0.717, 1.165) is 43.5 Å². The van der Waals surface area contributed by atoms with Crippen LogP contribution < -0.4 is 5.73 Å². The molecule has 1 aliphatic carbocycles. The molecule has 166 valence electrons. The number of aromatic nitrogens is 1. The lowest BCUT2D eigenvalue weighted by atomic mass is 9.75. The fourth-order valence-corrected chi connectivity index (χ4v) is 4.23. The van der Waals surface area contributed by atoms with Gasteiger partial charge in [-0.05, 0) is 79.3 Å². The van der Waals surface area contributed by atoms with E-state index in [1.54, 1.807) is 18.2 Å². The topological polar surface area (TPSA) is 56.0 Å². The minimum Gasteiger partial charge on any atom is -0.327 e. The lowest BCUT2D eigenvalue weighted by Gasteiger charge is -2.32. The SMILES string of the molecule is C=Cc1ccc(F)c(C[C@H](N)C2CCC(CC(=O)c3ccc(C(F)(F)F)nc3)CC2)c1. The van der Waals surface area contributed by atoms with Crippen LogP contribution in [0.2, 0.25) is 0 Å². The van der Waals surface area contributed by atoms with Crippen LogP contribution >= 0.6 is 0 Å². The summed E-state index contributed by atoms with van der Waals surface area (Å²) in [7, 11) is 0. The van der Waals surface area contributed by atoms with Gasteiger partial charge in [-0.15, -0.1) is 0 Å². The molecule has 3 nitrogen and oxygen atoms in total. The molecule has 0 aliphatic heterocycles. The van der Waals surface area contributed by atoms with Crippen LogP contribution in [0.15, 0.2) is 43.1 Å². The van der Waals surface area contributed by atoms with Crippen molar-refractivity contribution in [3.05, 3.63) is 71.3 Å². The van der Waals surface area contributed by atoms with Crippen molar-refractivity contribution in [2.75, 3.05) is 0 Å². The van der Waals surface area contributed by atoms with E-state index in [0.29, 0.717) is 12.0 Å². The third-order valence-corrected chi connectivity index (χ3v) is 6.11. The molecule has 1 aromatic heterocycles. The Balaban J connectivity index is 1.51. The molecule has 0 bridgehead atoms. The molecule has 1 aliphatic rings. The highest BCUT2D eigenvalue weighted by Crippen LogP contribution is 2.34. The smallest absolute Gasteiger partial charge is 0.327 e. The van der Waals surface area contributed by atoms with Crippen molar-refractivity contribution in [2.45, 2.75) is 50.7 Å². The number of nitrogens with zero attached hydrogens (tertiary/aromatic N) is 1. The zero-order valence-corrected chi connectivity index (χ0v) is 17.2. The molecular formula is C24H26F4N2O. The molecule has 1 aromatic carbocycles. The number of ketones is 1. The largest absolute Gasteiger partial charge is 0.433 e. The predicted molar refractivity (Wildman–Crippen MR) is 112 cm³/mol. The third-order valence-electron chi connectivity index (χ3n) is 6.11. The Morgan fingerprint density at radius 2 is 1.90 bits per heavy atom. The second-order valence-electron chi connectivity index (χ2n) is 8.26. The van der Waals surface area contributed by atoms with E-state index < -0.39 is 11.9 Å². The maximum absolute atomic E-state index is 14.1. The van der Waals surface area contributed by atoms with Crippen molar-refractivity contribution in [1.29, 1.82) is 0 Å². The van der Waals surface area contributed by atoms with Crippen LogP contribution in [-0.2, 0) is 12.6 Å². The number of hydrogen-bond acceptors (Lipinski definition) is 3. The number of nitrogens with two attached hydrogens (primary N) is 1. The van der Waals surface area contributed by atoms with Gasteiger partial charge in [0.25, 0.3) is 0 Å². The van der Waals surface area contributed by atoms with Crippen molar-refractivity contribution < 1.29 is 22.4 Å². The summed E-state index contributed by atoms with van der Waals surface area (Å²) in [4.78, 5) is 15.8. The van der Waals surface area contributed by atoms with Gasteiger partial charge >= 0.3 is 6.18 Å². The molecule has 0 saturated heterocycles. The molecule has 0 unspecified atom stereocenters. The number of pyridine rings is 1. The van der Waals surface area contributed by atoms with Gasteiger partial charge in [0.05, 0.1) is 0 Å². The molecule has 1 heterocycles. The van der Waals surface area contributed by atoms with Crippen molar-refractivity contribution in [2.24, 2.45) is 17.6 Å². The number of Topliss-reactive ketones (excluding diaryl/α,β-unsaturated/α-hetero) is 1. The average molecular weight is 434 g/mol. The van der Waals surface area contributed by atoms with Gasteiger partial charge in [0.15, 0.2) is 5.78 Å². The Kier molecular flexibility index (Phi) is 7.26. The van der Waals surface area contributed by atoms with Gasteiger partial charge in [-0.3, -0.25) is 9.78 Å². The van der Waals surface area contributed by atoms with Gasteiger partial charge in [-0.25, -0.2) is 4.39 Å². The normalized spacial score (nSPS) is 20.3. The van der Waals surface area contributed by atoms with Gasteiger partial charge in [0.2, 0.25) is 0 Å².